The van der Waals surface area contributed by atoms with Crippen molar-refractivity contribution >= 4 is 73.3 Å². The highest BCUT2D eigenvalue weighted by atomic mass is 35.5. The number of benzene rings is 3. The van der Waals surface area contributed by atoms with Gasteiger partial charge in [0.2, 0.25) is 0 Å². The molecule has 13 heteroatoms. The number of fused-ring (bicyclic) bond motifs is 1. The second-order valence-corrected chi connectivity index (χ2v) is 11.1. The van der Waals surface area contributed by atoms with Crippen LogP contribution in [0.4, 0.5) is 18.9 Å². The fourth-order valence-electron chi connectivity index (χ4n) is 3.07. The van der Waals surface area contributed by atoms with Crippen LogP contribution in [0.3, 0.4) is 0 Å². The molecule has 3 aromatic carbocycles. The largest absolute Gasteiger partial charge is 0.416 e. The van der Waals surface area contributed by atoms with Crippen LogP contribution in [0.1, 0.15) is 11.1 Å². The number of sulfonamides is 1. The highest BCUT2D eigenvalue weighted by Crippen LogP contribution is 2.41. The van der Waals surface area contributed by atoms with Gasteiger partial charge < -0.3 is 4.98 Å². The quantitative estimate of drug-likeness (QED) is 0.258. The van der Waals surface area contributed by atoms with Gasteiger partial charge in [-0.25, -0.2) is 13.4 Å². The van der Waals surface area contributed by atoms with Crippen molar-refractivity contribution in [1.29, 1.82) is 0 Å². The predicted molar refractivity (Wildman–Crippen MR) is 129 cm³/mol. The van der Waals surface area contributed by atoms with Gasteiger partial charge in [0.15, 0.2) is 5.16 Å². The monoisotopic (exact) mass is 565 g/mol. The zero-order valence-electron chi connectivity index (χ0n) is 17.0. The van der Waals surface area contributed by atoms with Crippen LogP contribution in [0, 0.1) is 6.92 Å². The fourth-order valence-corrected chi connectivity index (χ4v) is 6.18. The van der Waals surface area contributed by atoms with Crippen molar-refractivity contribution in [2.24, 2.45) is 0 Å². The summed E-state index contributed by atoms with van der Waals surface area (Å²) in [7, 11) is -4.32. The summed E-state index contributed by atoms with van der Waals surface area (Å²) in [6.45, 7) is 1.96. The molecule has 1 heterocycles. The van der Waals surface area contributed by atoms with Gasteiger partial charge in [0.1, 0.15) is 4.90 Å². The van der Waals surface area contributed by atoms with E-state index in [-0.39, 0.29) is 15.7 Å². The third-order valence-electron chi connectivity index (χ3n) is 4.61. The van der Waals surface area contributed by atoms with Crippen molar-refractivity contribution in [3.05, 3.63) is 74.7 Å². The van der Waals surface area contributed by atoms with E-state index in [0.717, 1.165) is 22.7 Å². The maximum atomic E-state index is 12.8. The Balaban J connectivity index is 1.60. The Morgan fingerprint density at radius 1 is 0.971 bits per heavy atom. The molecule has 5 nitrogen and oxygen atoms in total. The lowest BCUT2D eigenvalue weighted by Crippen LogP contribution is -2.14. The summed E-state index contributed by atoms with van der Waals surface area (Å²) < 4.78 is 66.2. The molecule has 34 heavy (non-hydrogen) atoms. The van der Waals surface area contributed by atoms with E-state index in [1.165, 1.54) is 23.9 Å². The molecule has 0 amide bonds. The van der Waals surface area contributed by atoms with Crippen LogP contribution in [0.2, 0.25) is 15.1 Å². The van der Waals surface area contributed by atoms with Crippen LogP contribution in [0.15, 0.2) is 63.5 Å². The molecule has 0 fully saturated rings. The number of alkyl halides is 3. The van der Waals surface area contributed by atoms with Crippen LogP contribution in [0.5, 0.6) is 0 Å². The molecular weight excluding hydrogens is 554 g/mol. The van der Waals surface area contributed by atoms with E-state index in [1.807, 2.05) is 25.1 Å². The van der Waals surface area contributed by atoms with Gasteiger partial charge in [0, 0.05) is 0 Å². The van der Waals surface area contributed by atoms with Crippen molar-refractivity contribution in [1.82, 2.24) is 9.97 Å². The third kappa shape index (κ3) is 5.26. The summed E-state index contributed by atoms with van der Waals surface area (Å²) in [6, 6.07) is 10.4. The maximum Gasteiger partial charge on any atom is 0.416 e. The molecule has 4 rings (SSSR count). The number of halogens is 6. The van der Waals surface area contributed by atoms with Gasteiger partial charge in [-0.05, 0) is 66.7 Å². The number of hydrogen-bond donors (Lipinski definition) is 2. The van der Waals surface area contributed by atoms with Gasteiger partial charge >= 0.3 is 6.18 Å². The van der Waals surface area contributed by atoms with Gasteiger partial charge in [-0.15, -0.1) is 0 Å². The number of aromatic amines is 1. The van der Waals surface area contributed by atoms with Crippen LogP contribution < -0.4 is 4.72 Å². The van der Waals surface area contributed by atoms with E-state index in [2.05, 4.69) is 14.7 Å². The maximum absolute atomic E-state index is 12.8. The molecule has 0 aliphatic heterocycles. The highest BCUT2D eigenvalue weighted by molar-refractivity contribution is 7.99. The summed E-state index contributed by atoms with van der Waals surface area (Å²) in [5.41, 5.74) is 1.61. The van der Waals surface area contributed by atoms with E-state index in [4.69, 9.17) is 34.8 Å². The molecule has 2 N–H and O–H groups in total. The second kappa shape index (κ2) is 9.16. The third-order valence-corrected chi connectivity index (χ3v) is 8.33. The number of anilines is 1. The number of rotatable bonds is 5. The minimum absolute atomic E-state index is 0.00976. The van der Waals surface area contributed by atoms with Crippen LogP contribution in [0.25, 0.3) is 11.0 Å². The van der Waals surface area contributed by atoms with Crippen molar-refractivity contribution < 1.29 is 21.6 Å². The first-order valence-corrected chi connectivity index (χ1v) is 12.8. The summed E-state index contributed by atoms with van der Waals surface area (Å²) in [4.78, 5) is 7.55. The van der Waals surface area contributed by atoms with Crippen LogP contribution in [-0.4, -0.2) is 18.4 Å². The Bertz CT molecular complexity index is 1500. The van der Waals surface area contributed by atoms with Gasteiger partial charge in [-0.1, -0.05) is 40.9 Å². The summed E-state index contributed by atoms with van der Waals surface area (Å²) >= 11 is 19.7. The van der Waals surface area contributed by atoms with E-state index in [1.54, 1.807) is 0 Å². The van der Waals surface area contributed by atoms with Crippen LogP contribution >= 0.6 is 46.6 Å². The number of imidazole rings is 1. The SMILES string of the molecule is Cc1ccc2nc(Sc3c(Cl)cc(NS(=O)(=O)c4ccc(C(F)(F)F)cc4Cl)cc3Cl)[nH]c2c1. The van der Waals surface area contributed by atoms with Gasteiger partial charge in [-0.3, -0.25) is 4.72 Å². The Morgan fingerprint density at radius 3 is 2.26 bits per heavy atom. The zero-order chi connectivity index (χ0) is 24.8. The van der Waals surface area contributed by atoms with E-state index in [9.17, 15) is 21.6 Å². The molecule has 0 radical (unpaired) electrons. The number of H-pyrrole nitrogens is 1. The van der Waals surface area contributed by atoms with Gasteiger partial charge in [0.05, 0.1) is 42.2 Å². The number of nitrogens with one attached hydrogen (secondary N) is 2. The normalized spacial score (nSPS) is 12.3. The average molecular weight is 567 g/mol. The van der Waals surface area contributed by atoms with E-state index < -0.39 is 31.7 Å². The first-order valence-electron chi connectivity index (χ1n) is 9.36. The molecule has 0 atom stereocenters. The number of nitrogens with zero attached hydrogens (tertiary/aromatic N) is 1. The molecule has 0 aliphatic carbocycles. The predicted octanol–water partition coefficient (Wildman–Crippen LogP) is 7.80. The molecule has 0 bridgehead atoms. The summed E-state index contributed by atoms with van der Waals surface area (Å²) in [5, 5.41) is 0.247. The molecule has 0 spiro atoms. The fraction of sp³-hybridized carbons (Fsp3) is 0.0952. The standard InChI is InChI=1S/C21H13Cl3F3N3O2S2/c1-10-2-4-16-17(6-10)29-20(28-16)33-19-14(23)8-12(9-15(19)24)30-34(31,32)18-5-3-11(7-13(18)22)21(25,26)27/h2-9,30H,1H3,(H,28,29). The molecule has 0 aliphatic rings. The molecule has 0 saturated heterocycles. The molecule has 4 aromatic rings. The number of hydrogen-bond acceptors (Lipinski definition) is 4. The zero-order valence-corrected chi connectivity index (χ0v) is 20.9. The molecule has 1 aromatic heterocycles. The second-order valence-electron chi connectivity index (χ2n) is 7.18. The number of aromatic nitrogens is 2. The van der Waals surface area contributed by atoms with E-state index in [0.29, 0.717) is 22.2 Å². The first kappa shape index (κ1) is 25.0. The number of aryl methyl sites for hydroxylation is 1. The molecule has 0 unspecified atom stereocenters. The smallest absolute Gasteiger partial charge is 0.333 e. The minimum atomic E-state index is -4.66. The van der Waals surface area contributed by atoms with Crippen molar-refractivity contribution in [2.75, 3.05) is 4.72 Å². The van der Waals surface area contributed by atoms with Gasteiger partial charge in [-0.2, -0.15) is 13.2 Å². The summed E-state index contributed by atoms with van der Waals surface area (Å²) in [6.07, 6.45) is -4.66. The molecular formula is C21H13Cl3F3N3O2S2. The Kier molecular flexibility index (Phi) is 6.73. The Hall–Kier alpha value is -2.11. The highest BCUT2D eigenvalue weighted by Gasteiger charge is 2.32. The molecule has 178 valence electrons. The lowest BCUT2D eigenvalue weighted by Gasteiger charge is -2.13. The van der Waals surface area contributed by atoms with Crippen LogP contribution in [-0.2, 0) is 16.2 Å². The first-order chi connectivity index (χ1) is 15.8. The molecule has 0 saturated carbocycles. The Labute approximate surface area is 211 Å². The summed E-state index contributed by atoms with van der Waals surface area (Å²) in [5.74, 6) is 0. The van der Waals surface area contributed by atoms with Gasteiger partial charge in [0.25, 0.3) is 10.0 Å². The van der Waals surface area contributed by atoms with Crippen molar-refractivity contribution in [2.45, 2.75) is 28.0 Å². The Morgan fingerprint density at radius 2 is 1.65 bits per heavy atom. The lowest BCUT2D eigenvalue weighted by molar-refractivity contribution is -0.137. The average Bonchev–Trinajstić information content (AvgIpc) is 3.11. The van der Waals surface area contributed by atoms with Crippen molar-refractivity contribution in [3.8, 4) is 0 Å². The topological polar surface area (TPSA) is 74.8 Å². The lowest BCUT2D eigenvalue weighted by atomic mass is 10.2. The van der Waals surface area contributed by atoms with Crippen molar-refractivity contribution in [3.63, 3.8) is 0 Å². The van der Waals surface area contributed by atoms with E-state index >= 15 is 0 Å². The minimum Gasteiger partial charge on any atom is -0.333 e.